The number of non-ortho nitro benzene ring substituents is 1. The van der Waals surface area contributed by atoms with Gasteiger partial charge in [-0.05, 0) is 13.0 Å². The largest absolute Gasteiger partial charge is 0.423 e. The Morgan fingerprint density at radius 1 is 1.50 bits per heavy atom. The van der Waals surface area contributed by atoms with Gasteiger partial charge in [-0.15, -0.1) is 0 Å². The van der Waals surface area contributed by atoms with E-state index >= 15 is 0 Å². The van der Waals surface area contributed by atoms with E-state index in [0.29, 0.717) is 0 Å². The number of para-hydroxylation sites is 1. The fourth-order valence-corrected chi connectivity index (χ4v) is 1.75. The number of hydrogen-bond acceptors (Lipinski definition) is 5. The summed E-state index contributed by atoms with van der Waals surface area (Å²) in [5.41, 5.74) is -0.122. The topological polar surface area (TPSA) is 81.2 Å². The van der Waals surface area contributed by atoms with Gasteiger partial charge in [0.15, 0.2) is 11.1 Å². The minimum atomic E-state index is -4.32. The number of alkyl halides is 3. The SMILES string of the molecule is CC(CC(F)(F)F)Nc1nc2c([N+](=O)[O-])cccc2o1. The van der Waals surface area contributed by atoms with E-state index in [1.165, 1.54) is 25.1 Å². The summed E-state index contributed by atoms with van der Waals surface area (Å²) in [6.07, 6.45) is -5.38. The van der Waals surface area contributed by atoms with Crippen molar-refractivity contribution in [3.63, 3.8) is 0 Å². The molecule has 0 saturated carbocycles. The van der Waals surface area contributed by atoms with Gasteiger partial charge < -0.3 is 9.73 Å². The smallest absolute Gasteiger partial charge is 0.391 e. The summed E-state index contributed by atoms with van der Waals surface area (Å²) in [6.45, 7) is 1.32. The van der Waals surface area contributed by atoms with E-state index in [9.17, 15) is 23.3 Å². The Kier molecular flexibility index (Phi) is 3.51. The average molecular weight is 289 g/mol. The first-order valence-corrected chi connectivity index (χ1v) is 5.63. The first-order valence-electron chi connectivity index (χ1n) is 5.63. The minimum Gasteiger partial charge on any atom is -0.423 e. The molecule has 0 radical (unpaired) electrons. The number of benzene rings is 1. The van der Waals surface area contributed by atoms with Gasteiger partial charge in [0.05, 0.1) is 11.3 Å². The predicted molar refractivity (Wildman–Crippen MR) is 64.4 cm³/mol. The van der Waals surface area contributed by atoms with Crippen molar-refractivity contribution in [3.8, 4) is 0 Å². The molecule has 108 valence electrons. The molecule has 1 aromatic carbocycles. The zero-order chi connectivity index (χ0) is 14.9. The third kappa shape index (κ3) is 3.16. The summed E-state index contributed by atoms with van der Waals surface area (Å²) < 4.78 is 41.8. The first-order chi connectivity index (χ1) is 9.26. The Balaban J connectivity index is 2.24. The summed E-state index contributed by atoms with van der Waals surface area (Å²) in [4.78, 5) is 14.0. The molecule has 0 fully saturated rings. The van der Waals surface area contributed by atoms with E-state index in [-0.39, 0.29) is 22.8 Å². The number of nitro groups is 1. The number of oxazole rings is 1. The number of anilines is 1. The minimum absolute atomic E-state index is 0.000733. The second kappa shape index (κ2) is 4.99. The molecule has 1 atom stereocenters. The van der Waals surface area contributed by atoms with Crippen LogP contribution in [0, 0.1) is 10.1 Å². The van der Waals surface area contributed by atoms with E-state index in [0.717, 1.165) is 0 Å². The molecule has 2 rings (SSSR count). The van der Waals surface area contributed by atoms with Crippen molar-refractivity contribution in [3.05, 3.63) is 28.3 Å². The van der Waals surface area contributed by atoms with Crippen LogP contribution in [0.5, 0.6) is 0 Å². The molecular formula is C11H10F3N3O3. The van der Waals surface area contributed by atoms with E-state index in [1.807, 2.05) is 0 Å². The number of rotatable bonds is 4. The van der Waals surface area contributed by atoms with Crippen LogP contribution in [0.25, 0.3) is 11.1 Å². The Morgan fingerprint density at radius 3 is 2.80 bits per heavy atom. The second-order valence-corrected chi connectivity index (χ2v) is 4.26. The van der Waals surface area contributed by atoms with Gasteiger partial charge in [-0.2, -0.15) is 18.2 Å². The van der Waals surface area contributed by atoms with Crippen molar-refractivity contribution in [1.82, 2.24) is 4.98 Å². The number of nitrogens with zero attached hydrogens (tertiary/aromatic N) is 2. The van der Waals surface area contributed by atoms with Crippen LogP contribution in [0.2, 0.25) is 0 Å². The van der Waals surface area contributed by atoms with Gasteiger partial charge in [0.25, 0.3) is 11.7 Å². The van der Waals surface area contributed by atoms with Crippen LogP contribution < -0.4 is 5.32 Å². The molecule has 0 aliphatic rings. The molecule has 6 nitrogen and oxygen atoms in total. The van der Waals surface area contributed by atoms with Crippen molar-refractivity contribution in [2.24, 2.45) is 0 Å². The molecule has 1 N–H and O–H groups in total. The molecule has 2 aromatic rings. The maximum atomic E-state index is 12.2. The monoisotopic (exact) mass is 289 g/mol. The Morgan fingerprint density at radius 2 is 2.20 bits per heavy atom. The van der Waals surface area contributed by atoms with Crippen molar-refractivity contribution >= 4 is 22.8 Å². The molecule has 0 saturated heterocycles. The molecule has 9 heteroatoms. The zero-order valence-electron chi connectivity index (χ0n) is 10.3. The predicted octanol–water partition coefficient (Wildman–Crippen LogP) is 3.49. The molecule has 0 spiro atoms. The van der Waals surface area contributed by atoms with Crippen molar-refractivity contribution in [2.45, 2.75) is 25.6 Å². The molecule has 20 heavy (non-hydrogen) atoms. The van der Waals surface area contributed by atoms with Gasteiger partial charge in [-0.25, -0.2) is 0 Å². The average Bonchev–Trinajstić information content (AvgIpc) is 2.67. The summed E-state index contributed by atoms with van der Waals surface area (Å²) in [5.74, 6) is 0. The maximum absolute atomic E-state index is 12.2. The maximum Gasteiger partial charge on any atom is 0.391 e. The lowest BCUT2D eigenvalue weighted by molar-refractivity contribution is -0.383. The Hall–Kier alpha value is -2.32. The number of fused-ring (bicyclic) bond motifs is 1. The highest BCUT2D eigenvalue weighted by Gasteiger charge is 2.30. The van der Waals surface area contributed by atoms with E-state index in [2.05, 4.69) is 10.3 Å². The van der Waals surface area contributed by atoms with E-state index in [4.69, 9.17) is 4.42 Å². The summed E-state index contributed by atoms with van der Waals surface area (Å²) in [7, 11) is 0. The third-order valence-corrected chi connectivity index (χ3v) is 2.50. The number of hydrogen-bond donors (Lipinski definition) is 1. The number of halogens is 3. The van der Waals surface area contributed by atoms with E-state index < -0.39 is 23.6 Å². The molecule has 0 amide bonds. The van der Waals surface area contributed by atoms with Crippen LogP contribution in [-0.2, 0) is 0 Å². The highest BCUT2D eigenvalue weighted by Crippen LogP contribution is 2.28. The molecular weight excluding hydrogens is 279 g/mol. The fraction of sp³-hybridized carbons (Fsp3) is 0.364. The Labute approximate surface area is 110 Å². The molecule has 0 aliphatic carbocycles. The number of nitro benzene ring substituents is 1. The standard InChI is InChI=1S/C11H10F3N3O3/c1-6(5-11(12,13)14)15-10-16-9-7(17(18)19)3-2-4-8(9)20-10/h2-4,6H,5H2,1H3,(H,15,16). The lowest BCUT2D eigenvalue weighted by atomic mass is 10.2. The molecule has 0 bridgehead atoms. The van der Waals surface area contributed by atoms with Gasteiger partial charge in [-0.3, -0.25) is 10.1 Å². The number of aromatic nitrogens is 1. The second-order valence-electron chi connectivity index (χ2n) is 4.26. The third-order valence-electron chi connectivity index (χ3n) is 2.50. The van der Waals surface area contributed by atoms with Crippen LogP contribution in [-0.4, -0.2) is 22.1 Å². The molecule has 1 aromatic heterocycles. The van der Waals surface area contributed by atoms with Crippen LogP contribution in [0.15, 0.2) is 22.6 Å². The van der Waals surface area contributed by atoms with Crippen molar-refractivity contribution in [2.75, 3.05) is 5.32 Å². The summed E-state index contributed by atoms with van der Waals surface area (Å²) >= 11 is 0. The molecule has 1 heterocycles. The lowest BCUT2D eigenvalue weighted by Gasteiger charge is -2.13. The quantitative estimate of drug-likeness (QED) is 0.688. The van der Waals surface area contributed by atoms with Crippen LogP contribution in [0.1, 0.15) is 13.3 Å². The zero-order valence-corrected chi connectivity index (χ0v) is 10.3. The van der Waals surface area contributed by atoms with Crippen LogP contribution >= 0.6 is 0 Å². The summed E-state index contributed by atoms with van der Waals surface area (Å²) in [5, 5.41) is 13.2. The molecule has 0 aliphatic heterocycles. The van der Waals surface area contributed by atoms with Crippen LogP contribution in [0.4, 0.5) is 24.9 Å². The van der Waals surface area contributed by atoms with Gasteiger partial charge in [0.2, 0.25) is 0 Å². The van der Waals surface area contributed by atoms with E-state index in [1.54, 1.807) is 0 Å². The molecule has 1 unspecified atom stereocenters. The van der Waals surface area contributed by atoms with Crippen molar-refractivity contribution in [1.29, 1.82) is 0 Å². The highest BCUT2D eigenvalue weighted by atomic mass is 19.4. The fourth-order valence-electron chi connectivity index (χ4n) is 1.75. The van der Waals surface area contributed by atoms with Gasteiger partial charge in [0, 0.05) is 12.1 Å². The summed E-state index contributed by atoms with van der Waals surface area (Å²) in [6, 6.07) is 2.98. The van der Waals surface area contributed by atoms with Gasteiger partial charge in [-0.1, -0.05) is 6.07 Å². The number of nitrogens with one attached hydrogen (secondary N) is 1. The Bertz CT molecular complexity index is 639. The van der Waals surface area contributed by atoms with Gasteiger partial charge in [0.1, 0.15) is 0 Å². The van der Waals surface area contributed by atoms with Crippen molar-refractivity contribution < 1.29 is 22.5 Å². The highest BCUT2D eigenvalue weighted by molar-refractivity contribution is 5.84. The van der Waals surface area contributed by atoms with Crippen LogP contribution in [0.3, 0.4) is 0 Å². The first kappa shape index (κ1) is 14.1. The lowest BCUT2D eigenvalue weighted by Crippen LogP contribution is -2.23. The van der Waals surface area contributed by atoms with Gasteiger partial charge >= 0.3 is 6.18 Å². The normalized spacial score (nSPS) is 13.4.